The maximum absolute atomic E-state index is 12.9. The number of para-hydroxylation sites is 1. The van der Waals surface area contributed by atoms with Crippen LogP contribution >= 0.6 is 0 Å². The van der Waals surface area contributed by atoms with E-state index in [1.54, 1.807) is 19.1 Å². The fourth-order valence-electron chi connectivity index (χ4n) is 3.82. The molecule has 0 unspecified atom stereocenters. The van der Waals surface area contributed by atoms with Gasteiger partial charge in [-0.15, -0.1) is 0 Å². The van der Waals surface area contributed by atoms with Gasteiger partial charge in [-0.25, -0.2) is 0 Å². The third kappa shape index (κ3) is 3.51. The van der Waals surface area contributed by atoms with Gasteiger partial charge in [0.1, 0.15) is 6.73 Å². The summed E-state index contributed by atoms with van der Waals surface area (Å²) in [6.07, 6.45) is 6.19. The third-order valence-electron chi connectivity index (χ3n) is 5.03. The molecule has 24 heavy (non-hydrogen) atoms. The molecular weight excluding hydrogens is 302 g/mol. The van der Waals surface area contributed by atoms with Crippen LogP contribution < -0.4 is 9.80 Å². The maximum atomic E-state index is 12.9. The molecule has 1 amide bonds. The van der Waals surface area contributed by atoms with Crippen LogP contribution in [0.15, 0.2) is 18.2 Å². The Hall–Kier alpha value is -1.75. The zero-order valence-corrected chi connectivity index (χ0v) is 15.0. The summed E-state index contributed by atoms with van der Waals surface area (Å²) in [5.41, 5.74) is 3.16. The molecule has 1 aromatic carbocycles. The van der Waals surface area contributed by atoms with Crippen molar-refractivity contribution in [3.8, 4) is 0 Å². The average molecular weight is 331 g/mol. The number of rotatable bonds is 5. The summed E-state index contributed by atoms with van der Waals surface area (Å²) in [6, 6.07) is 6.18. The first kappa shape index (κ1) is 17.1. The SMILES string of the molecule is COCN(C)C(=O)c1cccc(N2CCCCC2)c1N1CCCC1. The average Bonchev–Trinajstić information content (AvgIpc) is 3.15. The highest BCUT2D eigenvalue weighted by Gasteiger charge is 2.27. The zero-order valence-electron chi connectivity index (χ0n) is 15.0. The number of amides is 1. The van der Waals surface area contributed by atoms with E-state index in [-0.39, 0.29) is 5.91 Å². The molecule has 3 rings (SSSR count). The van der Waals surface area contributed by atoms with Gasteiger partial charge in [0.2, 0.25) is 0 Å². The fraction of sp³-hybridized carbons (Fsp3) is 0.632. The quantitative estimate of drug-likeness (QED) is 0.777. The number of anilines is 2. The van der Waals surface area contributed by atoms with Crippen molar-refractivity contribution in [1.82, 2.24) is 4.90 Å². The molecule has 2 aliphatic heterocycles. The molecule has 0 spiro atoms. The van der Waals surface area contributed by atoms with Gasteiger partial charge in [-0.1, -0.05) is 6.07 Å². The van der Waals surface area contributed by atoms with Gasteiger partial charge in [-0.05, 0) is 44.2 Å². The Morgan fingerprint density at radius 1 is 1.04 bits per heavy atom. The predicted molar refractivity (Wildman–Crippen MR) is 97.9 cm³/mol. The summed E-state index contributed by atoms with van der Waals surface area (Å²) in [5, 5.41) is 0. The molecule has 0 aromatic heterocycles. The summed E-state index contributed by atoms with van der Waals surface area (Å²) in [6.45, 7) is 4.57. The van der Waals surface area contributed by atoms with Crippen molar-refractivity contribution in [1.29, 1.82) is 0 Å². The Morgan fingerprint density at radius 2 is 1.67 bits per heavy atom. The van der Waals surface area contributed by atoms with Gasteiger partial charge >= 0.3 is 0 Å². The lowest BCUT2D eigenvalue weighted by Gasteiger charge is -2.34. The highest BCUT2D eigenvalue weighted by molar-refractivity contribution is 6.02. The van der Waals surface area contributed by atoms with Gasteiger partial charge in [0.25, 0.3) is 5.91 Å². The smallest absolute Gasteiger partial charge is 0.257 e. The van der Waals surface area contributed by atoms with E-state index in [1.807, 2.05) is 12.1 Å². The van der Waals surface area contributed by atoms with E-state index in [1.165, 1.54) is 37.8 Å². The molecule has 2 saturated heterocycles. The first-order chi connectivity index (χ1) is 11.7. The van der Waals surface area contributed by atoms with E-state index >= 15 is 0 Å². The molecule has 1 aromatic rings. The van der Waals surface area contributed by atoms with E-state index in [9.17, 15) is 4.79 Å². The third-order valence-corrected chi connectivity index (χ3v) is 5.03. The van der Waals surface area contributed by atoms with Crippen LogP contribution in [0.2, 0.25) is 0 Å². The largest absolute Gasteiger partial charge is 0.370 e. The number of methoxy groups -OCH3 is 1. The fourth-order valence-corrected chi connectivity index (χ4v) is 3.82. The van der Waals surface area contributed by atoms with Crippen LogP contribution in [0.3, 0.4) is 0 Å². The maximum Gasteiger partial charge on any atom is 0.257 e. The standard InChI is InChI=1S/C19H29N3O2/c1-20(15-24-2)19(23)16-9-8-10-17(21-11-4-3-5-12-21)18(16)22-13-6-7-14-22/h8-10H,3-7,11-15H2,1-2H3. The zero-order chi connectivity index (χ0) is 16.9. The highest BCUT2D eigenvalue weighted by atomic mass is 16.5. The van der Waals surface area contributed by atoms with Crippen LogP contribution in [0.1, 0.15) is 42.5 Å². The molecule has 0 N–H and O–H groups in total. The molecular formula is C19H29N3O2. The van der Waals surface area contributed by atoms with Gasteiger partial charge in [-0.3, -0.25) is 4.79 Å². The number of hydrogen-bond acceptors (Lipinski definition) is 4. The topological polar surface area (TPSA) is 36.0 Å². The minimum absolute atomic E-state index is 0.0395. The van der Waals surface area contributed by atoms with E-state index in [0.717, 1.165) is 37.4 Å². The summed E-state index contributed by atoms with van der Waals surface area (Å²) >= 11 is 0. The van der Waals surface area contributed by atoms with Gasteiger partial charge in [0.15, 0.2) is 0 Å². The molecule has 0 aliphatic carbocycles. The van der Waals surface area contributed by atoms with Crippen LogP contribution in [-0.4, -0.2) is 57.9 Å². The minimum Gasteiger partial charge on any atom is -0.370 e. The summed E-state index contributed by atoms with van der Waals surface area (Å²) < 4.78 is 5.14. The monoisotopic (exact) mass is 331 g/mol. The van der Waals surface area contributed by atoms with E-state index in [4.69, 9.17) is 4.74 Å². The van der Waals surface area contributed by atoms with Crippen molar-refractivity contribution in [3.05, 3.63) is 23.8 Å². The molecule has 2 aliphatic rings. The van der Waals surface area contributed by atoms with Crippen LogP contribution in [-0.2, 0) is 4.74 Å². The molecule has 0 atom stereocenters. The summed E-state index contributed by atoms with van der Waals surface area (Å²) in [5.74, 6) is 0.0395. The lowest BCUT2D eigenvalue weighted by molar-refractivity contribution is 0.0508. The van der Waals surface area contributed by atoms with Crippen LogP contribution in [0.5, 0.6) is 0 Å². The number of piperidine rings is 1. The van der Waals surface area contributed by atoms with Crippen LogP contribution in [0.4, 0.5) is 11.4 Å². The van der Waals surface area contributed by atoms with Crippen molar-refractivity contribution in [2.24, 2.45) is 0 Å². The van der Waals surface area contributed by atoms with Crippen LogP contribution in [0.25, 0.3) is 0 Å². The molecule has 2 fully saturated rings. The van der Waals surface area contributed by atoms with Gasteiger partial charge in [0.05, 0.1) is 16.9 Å². The minimum atomic E-state index is 0.0395. The second kappa shape index (κ2) is 7.88. The van der Waals surface area contributed by atoms with E-state index in [0.29, 0.717) is 6.73 Å². The lowest BCUT2D eigenvalue weighted by atomic mass is 10.0. The number of carbonyl (C=O) groups is 1. The highest BCUT2D eigenvalue weighted by Crippen LogP contribution is 2.37. The second-order valence-corrected chi connectivity index (χ2v) is 6.84. The Balaban J connectivity index is 1.99. The van der Waals surface area contributed by atoms with Crippen LogP contribution in [0, 0.1) is 0 Å². The van der Waals surface area contributed by atoms with Crippen molar-refractivity contribution in [2.75, 3.05) is 56.9 Å². The molecule has 132 valence electrons. The molecule has 5 nitrogen and oxygen atoms in total. The normalized spacial score (nSPS) is 18.1. The molecule has 2 heterocycles. The predicted octanol–water partition coefficient (Wildman–Crippen LogP) is 2.95. The van der Waals surface area contributed by atoms with E-state index in [2.05, 4.69) is 15.9 Å². The summed E-state index contributed by atoms with van der Waals surface area (Å²) in [7, 11) is 3.42. The second-order valence-electron chi connectivity index (χ2n) is 6.84. The molecule has 0 radical (unpaired) electrons. The molecule has 5 heteroatoms. The van der Waals surface area contributed by atoms with Crippen molar-refractivity contribution in [3.63, 3.8) is 0 Å². The van der Waals surface area contributed by atoms with Gasteiger partial charge in [-0.2, -0.15) is 0 Å². The molecule has 0 saturated carbocycles. The van der Waals surface area contributed by atoms with E-state index < -0.39 is 0 Å². The number of ether oxygens (including phenoxy) is 1. The number of carbonyl (C=O) groups excluding carboxylic acids is 1. The first-order valence-electron chi connectivity index (χ1n) is 9.09. The number of benzene rings is 1. The van der Waals surface area contributed by atoms with Crippen molar-refractivity contribution >= 4 is 17.3 Å². The molecule has 0 bridgehead atoms. The summed E-state index contributed by atoms with van der Waals surface area (Å²) in [4.78, 5) is 19.5. The Bertz CT molecular complexity index is 564. The van der Waals surface area contributed by atoms with Crippen molar-refractivity contribution < 1.29 is 9.53 Å². The van der Waals surface area contributed by atoms with Gasteiger partial charge in [0, 0.05) is 40.3 Å². The number of hydrogen-bond donors (Lipinski definition) is 0. The first-order valence-corrected chi connectivity index (χ1v) is 9.09. The Labute approximate surface area is 145 Å². The van der Waals surface area contributed by atoms with Gasteiger partial charge < -0.3 is 19.4 Å². The Kier molecular flexibility index (Phi) is 5.61. The Morgan fingerprint density at radius 3 is 2.33 bits per heavy atom. The number of nitrogens with zero attached hydrogens (tertiary/aromatic N) is 3. The lowest BCUT2D eigenvalue weighted by Crippen LogP contribution is -2.34. The van der Waals surface area contributed by atoms with Crippen molar-refractivity contribution in [2.45, 2.75) is 32.1 Å².